The van der Waals surface area contributed by atoms with Gasteiger partial charge in [-0.15, -0.1) is 0 Å². The first-order chi connectivity index (χ1) is 12.6. The second kappa shape index (κ2) is 5.86. The predicted molar refractivity (Wildman–Crippen MR) is 97.2 cm³/mol. The van der Waals surface area contributed by atoms with E-state index in [4.69, 9.17) is 4.74 Å². The Morgan fingerprint density at radius 2 is 1.89 bits per heavy atom. The van der Waals surface area contributed by atoms with Crippen molar-refractivity contribution in [1.82, 2.24) is 0 Å². The Balaban J connectivity index is 1.79. The van der Waals surface area contributed by atoms with Gasteiger partial charge < -0.3 is 4.74 Å². The molecule has 0 aromatic rings. The van der Waals surface area contributed by atoms with Gasteiger partial charge in [0.1, 0.15) is 0 Å². The zero-order valence-electron chi connectivity index (χ0n) is 16.3. The summed E-state index contributed by atoms with van der Waals surface area (Å²) in [6, 6.07) is 0. The molecule has 4 aliphatic rings. The number of carbonyl (C=O) groups excluding carboxylic acids is 3. The number of ether oxygens (including phenoxy) is 1. The number of ketones is 2. The summed E-state index contributed by atoms with van der Waals surface area (Å²) in [6.45, 7) is 9.59. The molecule has 0 radical (unpaired) electrons. The normalized spacial score (nSPS) is 43.9. The summed E-state index contributed by atoms with van der Waals surface area (Å²) in [7, 11) is 0. The Labute approximate surface area is 159 Å². The van der Waals surface area contributed by atoms with Crippen LogP contribution in [0.2, 0.25) is 0 Å². The number of halogens is 1. The monoisotopic (exact) mass is 374 g/mol. The van der Waals surface area contributed by atoms with Crippen molar-refractivity contribution in [3.05, 3.63) is 23.5 Å². The van der Waals surface area contributed by atoms with Gasteiger partial charge in [0.2, 0.25) is 0 Å². The lowest BCUT2D eigenvalue weighted by molar-refractivity contribution is -0.142. The highest BCUT2D eigenvalue weighted by Gasteiger charge is 2.63. The molecule has 0 unspecified atom stereocenters. The minimum atomic E-state index is -1.36. The largest absolute Gasteiger partial charge is 0.423 e. The molecule has 0 spiro atoms. The van der Waals surface area contributed by atoms with Gasteiger partial charge in [0.25, 0.3) is 0 Å². The maximum atomic E-state index is 14.3. The lowest BCUT2D eigenvalue weighted by Crippen LogP contribution is -2.51. The fourth-order valence-electron chi connectivity index (χ4n) is 6.70. The second-order valence-corrected chi connectivity index (χ2v) is 9.35. The molecule has 4 nitrogen and oxygen atoms in total. The molecule has 6 atom stereocenters. The maximum Gasteiger partial charge on any atom is 0.308 e. The first-order valence-corrected chi connectivity index (χ1v) is 9.92. The Kier molecular flexibility index (Phi) is 4.03. The van der Waals surface area contributed by atoms with Crippen LogP contribution in [0.3, 0.4) is 0 Å². The molecule has 0 N–H and O–H groups in total. The molecule has 0 aromatic carbocycles. The van der Waals surface area contributed by atoms with Gasteiger partial charge in [-0.25, -0.2) is 4.39 Å². The zero-order chi connectivity index (χ0) is 19.7. The maximum absolute atomic E-state index is 14.3. The highest BCUT2D eigenvalue weighted by Crippen LogP contribution is 2.66. The molecular weight excluding hydrogens is 347 g/mol. The van der Waals surface area contributed by atoms with Crippen molar-refractivity contribution in [1.29, 1.82) is 0 Å². The van der Waals surface area contributed by atoms with Gasteiger partial charge in [0.05, 0.1) is 0 Å². The Morgan fingerprint density at radius 1 is 1.19 bits per heavy atom. The van der Waals surface area contributed by atoms with Crippen LogP contribution < -0.4 is 0 Å². The molecule has 27 heavy (non-hydrogen) atoms. The number of allylic oxidation sites excluding steroid dienone is 2. The molecule has 146 valence electrons. The van der Waals surface area contributed by atoms with Crippen LogP contribution in [0.4, 0.5) is 4.39 Å². The molecule has 0 bridgehead atoms. The van der Waals surface area contributed by atoms with Crippen LogP contribution >= 0.6 is 0 Å². The van der Waals surface area contributed by atoms with E-state index < -0.39 is 17.6 Å². The molecule has 0 heterocycles. The van der Waals surface area contributed by atoms with Crippen molar-refractivity contribution in [2.24, 2.45) is 28.6 Å². The molecule has 0 saturated heterocycles. The van der Waals surface area contributed by atoms with E-state index >= 15 is 0 Å². The number of rotatable bonds is 1. The minimum absolute atomic E-state index is 0.0173. The highest BCUT2D eigenvalue weighted by atomic mass is 19.1. The molecule has 3 fully saturated rings. The average Bonchev–Trinajstić information content (AvgIpc) is 2.82. The molecule has 0 aliphatic heterocycles. The van der Waals surface area contributed by atoms with Crippen LogP contribution in [0, 0.1) is 28.6 Å². The average molecular weight is 374 g/mol. The zero-order valence-corrected chi connectivity index (χ0v) is 16.3. The standard InChI is InChI=1S/C22H27FO4/c1-11-9-13-14(5-7-22(4)15(13)10-16(23)20(22)26)21(3)8-6-17(25)19(18(11)21)27-12(2)24/h13-16H,1,5-10H2,2-4H3/t13-,14+,15+,16-,21-,22+/m1/s1. The Morgan fingerprint density at radius 3 is 2.56 bits per heavy atom. The van der Waals surface area contributed by atoms with E-state index in [2.05, 4.69) is 13.5 Å². The van der Waals surface area contributed by atoms with E-state index in [1.54, 1.807) is 0 Å². The fraction of sp³-hybridized carbons (Fsp3) is 0.682. The lowest BCUT2D eigenvalue weighted by atomic mass is 9.46. The number of Topliss-reactive ketones (excluding diaryl/α,β-unsaturated/α-hetero) is 2. The highest BCUT2D eigenvalue weighted by molar-refractivity contribution is 5.98. The van der Waals surface area contributed by atoms with Crippen molar-refractivity contribution in [2.45, 2.75) is 65.5 Å². The van der Waals surface area contributed by atoms with E-state index in [-0.39, 0.29) is 40.5 Å². The van der Waals surface area contributed by atoms with Crippen LogP contribution in [0.15, 0.2) is 23.5 Å². The Bertz CT molecular complexity index is 796. The molecule has 4 aliphatic carbocycles. The van der Waals surface area contributed by atoms with Crippen LogP contribution in [0.5, 0.6) is 0 Å². The quantitative estimate of drug-likeness (QED) is 0.649. The number of hydrogen-bond donors (Lipinski definition) is 0. The van der Waals surface area contributed by atoms with Crippen molar-refractivity contribution in [3.8, 4) is 0 Å². The molecule has 0 amide bonds. The smallest absolute Gasteiger partial charge is 0.308 e. The van der Waals surface area contributed by atoms with E-state index in [1.807, 2.05) is 6.92 Å². The van der Waals surface area contributed by atoms with Crippen molar-refractivity contribution < 1.29 is 23.5 Å². The van der Waals surface area contributed by atoms with Gasteiger partial charge in [0, 0.05) is 29.7 Å². The summed E-state index contributed by atoms with van der Waals surface area (Å²) < 4.78 is 19.7. The predicted octanol–water partition coefficient (Wildman–Crippen LogP) is 4.09. The van der Waals surface area contributed by atoms with Gasteiger partial charge in [-0.2, -0.15) is 0 Å². The van der Waals surface area contributed by atoms with Crippen molar-refractivity contribution in [3.63, 3.8) is 0 Å². The number of carbonyl (C=O) groups is 3. The topological polar surface area (TPSA) is 60.4 Å². The molecule has 4 rings (SSSR count). The van der Waals surface area contributed by atoms with E-state index in [9.17, 15) is 18.8 Å². The SMILES string of the molecule is C=C1C[C@@H]2[C@H](CC[C@]3(C)C(=O)[C@H](F)C[C@@H]23)[C@@]2(C)CCC(=O)C(OC(C)=O)=C12. The third-order valence-electron chi connectivity index (χ3n) is 7.96. The lowest BCUT2D eigenvalue weighted by Gasteiger charge is -2.57. The summed E-state index contributed by atoms with van der Waals surface area (Å²) in [4.78, 5) is 36.5. The van der Waals surface area contributed by atoms with E-state index in [1.165, 1.54) is 6.92 Å². The van der Waals surface area contributed by atoms with Gasteiger partial charge in [-0.05, 0) is 55.4 Å². The van der Waals surface area contributed by atoms with Gasteiger partial charge in [-0.3, -0.25) is 14.4 Å². The summed E-state index contributed by atoms with van der Waals surface area (Å²) in [5, 5.41) is 0. The first kappa shape index (κ1) is 18.6. The molecular formula is C22H27FO4. The number of alkyl halides is 1. The molecule has 3 saturated carbocycles. The molecule has 5 heteroatoms. The number of hydrogen-bond acceptors (Lipinski definition) is 4. The van der Waals surface area contributed by atoms with Gasteiger partial charge >= 0.3 is 5.97 Å². The van der Waals surface area contributed by atoms with Crippen LogP contribution in [-0.4, -0.2) is 23.7 Å². The summed E-state index contributed by atoms with van der Waals surface area (Å²) in [5.41, 5.74) is 0.695. The third kappa shape index (κ3) is 2.43. The van der Waals surface area contributed by atoms with E-state index in [0.29, 0.717) is 32.1 Å². The van der Waals surface area contributed by atoms with Crippen molar-refractivity contribution in [2.75, 3.05) is 0 Å². The minimum Gasteiger partial charge on any atom is -0.423 e. The van der Waals surface area contributed by atoms with Crippen LogP contribution in [0.25, 0.3) is 0 Å². The summed E-state index contributed by atoms with van der Waals surface area (Å²) >= 11 is 0. The Hall–Kier alpha value is -1.78. The van der Waals surface area contributed by atoms with Gasteiger partial charge in [0.15, 0.2) is 23.5 Å². The van der Waals surface area contributed by atoms with Crippen molar-refractivity contribution >= 4 is 17.5 Å². The summed E-state index contributed by atoms with van der Waals surface area (Å²) in [6.07, 6.45) is 2.10. The third-order valence-corrected chi connectivity index (χ3v) is 7.96. The number of esters is 1. The second-order valence-electron chi connectivity index (χ2n) is 9.35. The van der Waals surface area contributed by atoms with E-state index in [0.717, 1.165) is 17.6 Å². The van der Waals surface area contributed by atoms with Crippen LogP contribution in [0.1, 0.15) is 59.3 Å². The number of fused-ring (bicyclic) bond motifs is 5. The summed E-state index contributed by atoms with van der Waals surface area (Å²) in [5.74, 6) is -0.264. The fourth-order valence-corrected chi connectivity index (χ4v) is 6.70. The van der Waals surface area contributed by atoms with Crippen LogP contribution in [-0.2, 0) is 19.1 Å². The first-order valence-electron chi connectivity index (χ1n) is 9.92. The van der Waals surface area contributed by atoms with Gasteiger partial charge in [-0.1, -0.05) is 20.4 Å². The molecule has 0 aromatic heterocycles.